The van der Waals surface area contributed by atoms with Crippen molar-refractivity contribution in [3.8, 4) is 6.07 Å². The highest BCUT2D eigenvalue weighted by Gasteiger charge is 2.52. The van der Waals surface area contributed by atoms with E-state index >= 15 is 0 Å². The lowest BCUT2D eigenvalue weighted by atomic mass is 9.61. The average molecular weight is 261 g/mol. The summed E-state index contributed by atoms with van der Waals surface area (Å²) in [6.07, 6.45) is 0. The Kier molecular flexibility index (Phi) is 3.70. The van der Waals surface area contributed by atoms with Crippen molar-refractivity contribution in [1.82, 2.24) is 0 Å². The third-order valence-corrected chi connectivity index (χ3v) is 4.78. The smallest absolute Gasteiger partial charge is 0.0695 e. The van der Waals surface area contributed by atoms with E-state index in [1.165, 1.54) is 10.5 Å². The third-order valence-electron chi connectivity index (χ3n) is 3.89. The number of rotatable bonds is 4. The van der Waals surface area contributed by atoms with Gasteiger partial charge in [-0.25, -0.2) is 0 Å². The molecule has 0 aliphatic carbocycles. The molecule has 0 spiro atoms. The number of thioether (sulfide) groups is 1. The fraction of sp³-hybridized carbons (Fsp3) is 0.533. The summed E-state index contributed by atoms with van der Waals surface area (Å²) in [4.78, 5) is 1.28. The second-order valence-electron chi connectivity index (χ2n) is 5.27. The molecule has 0 saturated carbocycles. The predicted octanol–water partition coefficient (Wildman–Crippen LogP) is 3.62. The first-order valence-electron chi connectivity index (χ1n) is 6.28. The van der Waals surface area contributed by atoms with E-state index in [1.54, 1.807) is 0 Å². The van der Waals surface area contributed by atoms with Crippen LogP contribution in [0.5, 0.6) is 0 Å². The summed E-state index contributed by atoms with van der Waals surface area (Å²) in [5.41, 5.74) is 0.683. The Morgan fingerprint density at radius 1 is 1.33 bits per heavy atom. The summed E-state index contributed by atoms with van der Waals surface area (Å²) < 4.78 is 5.40. The van der Waals surface area contributed by atoms with Gasteiger partial charge in [0.1, 0.15) is 0 Å². The van der Waals surface area contributed by atoms with Gasteiger partial charge in [0.2, 0.25) is 0 Å². The molecule has 0 aromatic heterocycles. The van der Waals surface area contributed by atoms with Crippen LogP contribution in [0.25, 0.3) is 0 Å². The van der Waals surface area contributed by atoms with Gasteiger partial charge in [0.15, 0.2) is 0 Å². The van der Waals surface area contributed by atoms with Crippen molar-refractivity contribution in [2.75, 3.05) is 19.0 Å². The highest BCUT2D eigenvalue weighted by molar-refractivity contribution is 7.99. The van der Waals surface area contributed by atoms with Crippen molar-refractivity contribution >= 4 is 11.8 Å². The summed E-state index contributed by atoms with van der Waals surface area (Å²) in [6, 6.07) is 11.0. The molecule has 0 amide bonds. The average Bonchev–Trinajstić information content (AvgIpc) is 2.30. The Bertz CT molecular complexity index is 454. The summed E-state index contributed by atoms with van der Waals surface area (Å²) >= 11 is 1.84. The van der Waals surface area contributed by atoms with Gasteiger partial charge in [0.05, 0.1) is 30.1 Å². The predicted molar refractivity (Wildman–Crippen MR) is 74.7 cm³/mol. The zero-order valence-electron chi connectivity index (χ0n) is 11.2. The fourth-order valence-electron chi connectivity index (χ4n) is 2.34. The molecule has 1 aliphatic heterocycles. The molecule has 2 nitrogen and oxygen atoms in total. The summed E-state index contributed by atoms with van der Waals surface area (Å²) in [6.45, 7) is 7.45. The molecule has 2 rings (SSSR count). The molecular weight excluding hydrogens is 242 g/mol. The van der Waals surface area contributed by atoms with Gasteiger partial charge in [-0.05, 0) is 37.3 Å². The molecule has 0 unspecified atom stereocenters. The van der Waals surface area contributed by atoms with E-state index in [0.29, 0.717) is 13.2 Å². The Hall–Kier alpha value is -0.980. The molecule has 1 saturated heterocycles. The number of nitriles is 1. The number of nitrogens with zero attached hydrogens (tertiary/aromatic N) is 1. The Morgan fingerprint density at radius 3 is 2.33 bits per heavy atom. The first kappa shape index (κ1) is 13.5. The van der Waals surface area contributed by atoms with Crippen LogP contribution in [0, 0.1) is 16.7 Å². The van der Waals surface area contributed by atoms with Crippen molar-refractivity contribution in [3.63, 3.8) is 0 Å². The molecule has 96 valence electrons. The van der Waals surface area contributed by atoms with E-state index in [9.17, 15) is 5.26 Å². The summed E-state index contributed by atoms with van der Waals surface area (Å²) in [5.74, 6) is 1.08. The third kappa shape index (κ3) is 2.04. The molecule has 1 heterocycles. The Morgan fingerprint density at radius 2 is 1.94 bits per heavy atom. The number of hydrogen-bond acceptors (Lipinski definition) is 3. The molecule has 0 atom stereocenters. The topological polar surface area (TPSA) is 33.0 Å². The molecule has 3 heteroatoms. The van der Waals surface area contributed by atoms with Crippen molar-refractivity contribution in [2.24, 2.45) is 5.41 Å². The summed E-state index contributed by atoms with van der Waals surface area (Å²) in [5, 5.41) is 9.39. The lowest BCUT2D eigenvalue weighted by Crippen LogP contribution is -2.56. The van der Waals surface area contributed by atoms with Crippen LogP contribution in [-0.4, -0.2) is 19.0 Å². The molecule has 1 aliphatic rings. The van der Waals surface area contributed by atoms with Gasteiger partial charge < -0.3 is 4.74 Å². The minimum Gasteiger partial charge on any atom is -0.379 e. The van der Waals surface area contributed by atoms with Crippen LogP contribution in [0.2, 0.25) is 0 Å². The van der Waals surface area contributed by atoms with E-state index in [0.717, 1.165) is 5.75 Å². The van der Waals surface area contributed by atoms with Crippen LogP contribution in [0.4, 0.5) is 0 Å². The second-order valence-corrected chi connectivity index (χ2v) is 6.61. The molecule has 1 aromatic rings. The maximum atomic E-state index is 9.39. The van der Waals surface area contributed by atoms with Crippen LogP contribution in [-0.2, 0) is 10.2 Å². The van der Waals surface area contributed by atoms with Crippen molar-refractivity contribution in [1.29, 1.82) is 5.26 Å². The maximum Gasteiger partial charge on any atom is 0.0695 e. The minimum absolute atomic E-state index is 0.142. The van der Waals surface area contributed by atoms with Crippen LogP contribution in [0.15, 0.2) is 29.2 Å². The summed E-state index contributed by atoms with van der Waals surface area (Å²) in [7, 11) is 0. The van der Waals surface area contributed by atoms with Crippen molar-refractivity contribution < 1.29 is 4.74 Å². The monoisotopic (exact) mass is 261 g/mol. The zero-order chi connectivity index (χ0) is 13.2. The van der Waals surface area contributed by atoms with E-state index in [4.69, 9.17) is 4.74 Å². The van der Waals surface area contributed by atoms with Gasteiger partial charge in [-0.1, -0.05) is 19.1 Å². The standard InChI is InChI=1S/C15H19NOS/c1-4-18-13-7-5-12(6-8-13)15(10-17-11-15)14(2,3)9-16/h5-8H,4,10-11H2,1-3H3. The molecule has 0 N–H and O–H groups in total. The van der Waals surface area contributed by atoms with Crippen LogP contribution in [0.1, 0.15) is 26.3 Å². The number of benzene rings is 1. The Balaban J connectivity index is 2.32. The molecule has 1 aromatic carbocycles. The van der Waals surface area contributed by atoms with Gasteiger partial charge in [0, 0.05) is 4.90 Å². The number of hydrogen-bond donors (Lipinski definition) is 0. The molecular formula is C15H19NOS. The van der Waals surface area contributed by atoms with E-state index in [1.807, 2.05) is 25.6 Å². The zero-order valence-corrected chi connectivity index (χ0v) is 12.0. The molecule has 0 bridgehead atoms. The normalized spacial score (nSPS) is 17.9. The van der Waals surface area contributed by atoms with Gasteiger partial charge in [-0.15, -0.1) is 11.8 Å². The highest BCUT2D eigenvalue weighted by atomic mass is 32.2. The minimum atomic E-state index is -0.398. The van der Waals surface area contributed by atoms with Crippen LogP contribution in [0.3, 0.4) is 0 Å². The SMILES string of the molecule is CCSc1ccc(C2(C(C)(C)C#N)COC2)cc1. The first-order valence-corrected chi connectivity index (χ1v) is 7.26. The van der Waals surface area contributed by atoms with Crippen LogP contribution >= 0.6 is 11.8 Å². The Labute approximate surface area is 113 Å². The van der Waals surface area contributed by atoms with Crippen LogP contribution < -0.4 is 0 Å². The quantitative estimate of drug-likeness (QED) is 0.776. The van der Waals surface area contributed by atoms with E-state index in [-0.39, 0.29) is 5.41 Å². The first-order chi connectivity index (χ1) is 8.55. The van der Waals surface area contributed by atoms with Crippen molar-refractivity contribution in [3.05, 3.63) is 29.8 Å². The van der Waals surface area contributed by atoms with Crippen molar-refractivity contribution in [2.45, 2.75) is 31.1 Å². The second kappa shape index (κ2) is 4.95. The van der Waals surface area contributed by atoms with Gasteiger partial charge in [0.25, 0.3) is 0 Å². The molecule has 1 fully saturated rings. The lowest BCUT2D eigenvalue weighted by molar-refractivity contribution is -0.102. The largest absolute Gasteiger partial charge is 0.379 e. The maximum absolute atomic E-state index is 9.39. The van der Waals surface area contributed by atoms with Gasteiger partial charge in [-0.3, -0.25) is 0 Å². The molecule has 18 heavy (non-hydrogen) atoms. The fourth-order valence-corrected chi connectivity index (χ4v) is 3.00. The lowest BCUT2D eigenvalue weighted by Gasteiger charge is -2.49. The van der Waals surface area contributed by atoms with Gasteiger partial charge >= 0.3 is 0 Å². The number of ether oxygens (including phenoxy) is 1. The molecule has 0 radical (unpaired) electrons. The van der Waals surface area contributed by atoms with E-state index < -0.39 is 5.41 Å². The highest BCUT2D eigenvalue weighted by Crippen LogP contribution is 2.47. The van der Waals surface area contributed by atoms with Gasteiger partial charge in [-0.2, -0.15) is 5.26 Å². The van der Waals surface area contributed by atoms with E-state index in [2.05, 4.69) is 37.3 Å².